The zero-order valence-electron chi connectivity index (χ0n) is 5.80. The lowest BCUT2D eigenvalue weighted by Crippen LogP contribution is -2.26. The SMILES string of the molecule is O=C(NO)c1c[nH]cc(Cl)c1=O. The van der Waals surface area contributed by atoms with Gasteiger partial charge in [0, 0.05) is 12.4 Å². The Bertz CT molecular complexity index is 360. The molecule has 5 nitrogen and oxygen atoms in total. The number of pyridine rings is 1. The number of carbonyl (C=O) groups excluding carboxylic acids is 1. The Morgan fingerprint density at radius 2 is 2.25 bits per heavy atom. The summed E-state index contributed by atoms with van der Waals surface area (Å²) in [7, 11) is 0. The van der Waals surface area contributed by atoms with Crippen molar-refractivity contribution in [2.45, 2.75) is 0 Å². The molecule has 0 unspecified atom stereocenters. The number of halogens is 1. The molecule has 0 saturated heterocycles. The van der Waals surface area contributed by atoms with E-state index in [1.165, 1.54) is 11.7 Å². The molecule has 1 aromatic heterocycles. The van der Waals surface area contributed by atoms with Crippen molar-refractivity contribution in [3.8, 4) is 0 Å². The van der Waals surface area contributed by atoms with Crippen molar-refractivity contribution in [3.05, 3.63) is 33.2 Å². The summed E-state index contributed by atoms with van der Waals surface area (Å²) in [6, 6.07) is 0. The number of hydrogen-bond acceptors (Lipinski definition) is 3. The molecular formula is C6H5ClN2O3. The zero-order chi connectivity index (χ0) is 9.14. The van der Waals surface area contributed by atoms with Gasteiger partial charge >= 0.3 is 0 Å². The fourth-order valence-corrected chi connectivity index (χ4v) is 0.852. The van der Waals surface area contributed by atoms with E-state index in [1.807, 2.05) is 0 Å². The van der Waals surface area contributed by atoms with E-state index in [2.05, 4.69) is 4.98 Å². The number of amides is 1. The second-order valence-corrected chi connectivity index (χ2v) is 2.39. The Morgan fingerprint density at radius 1 is 1.58 bits per heavy atom. The number of nitrogens with one attached hydrogen (secondary N) is 2. The third kappa shape index (κ3) is 1.46. The number of carbonyl (C=O) groups is 1. The summed E-state index contributed by atoms with van der Waals surface area (Å²) in [4.78, 5) is 24.3. The molecule has 6 heteroatoms. The number of aromatic amines is 1. The normalized spacial score (nSPS) is 9.50. The lowest BCUT2D eigenvalue weighted by molar-refractivity contribution is 0.0704. The van der Waals surface area contributed by atoms with Gasteiger partial charge in [-0.25, -0.2) is 5.48 Å². The van der Waals surface area contributed by atoms with Gasteiger partial charge in [-0.05, 0) is 0 Å². The second kappa shape index (κ2) is 3.38. The van der Waals surface area contributed by atoms with Crippen LogP contribution in [0.25, 0.3) is 0 Å². The van der Waals surface area contributed by atoms with Crippen molar-refractivity contribution in [3.63, 3.8) is 0 Å². The lowest BCUT2D eigenvalue weighted by atomic mass is 10.3. The maximum Gasteiger partial charge on any atom is 0.280 e. The van der Waals surface area contributed by atoms with Crippen LogP contribution in [-0.2, 0) is 0 Å². The van der Waals surface area contributed by atoms with Gasteiger partial charge in [0.1, 0.15) is 10.6 Å². The number of hydroxylamine groups is 1. The summed E-state index contributed by atoms with van der Waals surface area (Å²) in [5.74, 6) is -0.890. The van der Waals surface area contributed by atoms with Gasteiger partial charge in [-0.3, -0.25) is 14.8 Å². The minimum Gasteiger partial charge on any atom is -0.365 e. The molecule has 1 rings (SSSR count). The van der Waals surface area contributed by atoms with Gasteiger partial charge in [-0.15, -0.1) is 0 Å². The quantitative estimate of drug-likeness (QED) is 0.433. The highest BCUT2D eigenvalue weighted by Gasteiger charge is 2.10. The molecule has 0 aliphatic heterocycles. The third-order valence-electron chi connectivity index (χ3n) is 1.25. The standard InChI is InChI=1S/C6H5ClN2O3/c7-4-2-8-1-3(5(4)10)6(11)9-12/h1-2,12H,(H,8,10)(H,9,11). The summed E-state index contributed by atoms with van der Waals surface area (Å²) in [5.41, 5.74) is 0.477. The molecule has 0 spiro atoms. The van der Waals surface area contributed by atoms with Crippen LogP contribution in [0, 0.1) is 0 Å². The predicted octanol–water partition coefficient (Wildman–Crippen LogP) is 0.147. The van der Waals surface area contributed by atoms with Crippen molar-refractivity contribution < 1.29 is 10.0 Å². The highest BCUT2D eigenvalue weighted by molar-refractivity contribution is 6.30. The molecular weight excluding hydrogens is 184 g/mol. The van der Waals surface area contributed by atoms with E-state index < -0.39 is 11.3 Å². The molecule has 0 radical (unpaired) electrons. The minimum absolute atomic E-state index is 0.101. The second-order valence-electron chi connectivity index (χ2n) is 1.99. The van der Waals surface area contributed by atoms with Gasteiger partial charge in [-0.2, -0.15) is 0 Å². The molecule has 0 atom stereocenters. The number of rotatable bonds is 1. The molecule has 12 heavy (non-hydrogen) atoms. The van der Waals surface area contributed by atoms with E-state index >= 15 is 0 Å². The first-order valence-corrected chi connectivity index (χ1v) is 3.35. The number of hydrogen-bond donors (Lipinski definition) is 3. The molecule has 64 valence electrons. The van der Waals surface area contributed by atoms with E-state index in [1.54, 1.807) is 0 Å². The first-order valence-electron chi connectivity index (χ1n) is 2.98. The Balaban J connectivity index is 3.26. The molecule has 1 heterocycles. The van der Waals surface area contributed by atoms with Crippen LogP contribution in [0.4, 0.5) is 0 Å². The van der Waals surface area contributed by atoms with Crippen LogP contribution in [0.3, 0.4) is 0 Å². The van der Waals surface area contributed by atoms with Crippen molar-refractivity contribution in [2.75, 3.05) is 0 Å². The van der Waals surface area contributed by atoms with E-state index in [0.29, 0.717) is 0 Å². The van der Waals surface area contributed by atoms with Gasteiger partial charge in [0.2, 0.25) is 5.43 Å². The molecule has 0 aromatic carbocycles. The van der Waals surface area contributed by atoms with Crippen molar-refractivity contribution >= 4 is 17.5 Å². The lowest BCUT2D eigenvalue weighted by Gasteiger charge is -1.96. The molecule has 3 N–H and O–H groups in total. The van der Waals surface area contributed by atoms with Crippen LogP contribution in [0.5, 0.6) is 0 Å². The highest BCUT2D eigenvalue weighted by Crippen LogP contribution is 1.99. The van der Waals surface area contributed by atoms with Gasteiger partial charge in [0.05, 0.1) is 0 Å². The molecule has 0 aliphatic rings. The fourth-order valence-electron chi connectivity index (χ4n) is 0.687. The molecule has 0 fully saturated rings. The molecule has 0 aliphatic carbocycles. The Morgan fingerprint density at radius 3 is 2.83 bits per heavy atom. The maximum absolute atomic E-state index is 11.0. The summed E-state index contributed by atoms with van der Waals surface area (Å²) in [5, 5.41) is 8.11. The van der Waals surface area contributed by atoms with Crippen LogP contribution < -0.4 is 10.9 Å². The summed E-state index contributed by atoms with van der Waals surface area (Å²) >= 11 is 5.41. The minimum atomic E-state index is -0.890. The van der Waals surface area contributed by atoms with E-state index in [4.69, 9.17) is 16.8 Å². The largest absolute Gasteiger partial charge is 0.365 e. The topological polar surface area (TPSA) is 82.2 Å². The maximum atomic E-state index is 11.0. The molecule has 1 amide bonds. The smallest absolute Gasteiger partial charge is 0.280 e. The monoisotopic (exact) mass is 188 g/mol. The van der Waals surface area contributed by atoms with E-state index in [9.17, 15) is 9.59 Å². The zero-order valence-corrected chi connectivity index (χ0v) is 6.55. The number of aromatic nitrogens is 1. The fraction of sp³-hybridized carbons (Fsp3) is 0. The summed E-state index contributed by atoms with van der Waals surface area (Å²) in [6.45, 7) is 0. The molecule has 0 bridgehead atoms. The first kappa shape index (κ1) is 8.76. The highest BCUT2D eigenvalue weighted by atomic mass is 35.5. The molecule has 1 aromatic rings. The van der Waals surface area contributed by atoms with E-state index in [-0.39, 0.29) is 10.6 Å². The van der Waals surface area contributed by atoms with Crippen LogP contribution in [-0.4, -0.2) is 16.1 Å². The van der Waals surface area contributed by atoms with Crippen LogP contribution in [0.15, 0.2) is 17.2 Å². The van der Waals surface area contributed by atoms with E-state index in [0.717, 1.165) is 6.20 Å². The predicted molar refractivity (Wildman–Crippen MR) is 41.3 cm³/mol. The van der Waals surface area contributed by atoms with Crippen molar-refractivity contribution in [1.82, 2.24) is 10.5 Å². The van der Waals surface area contributed by atoms with Crippen molar-refractivity contribution in [2.24, 2.45) is 0 Å². The average molecular weight is 189 g/mol. The van der Waals surface area contributed by atoms with Gasteiger partial charge < -0.3 is 4.98 Å². The van der Waals surface area contributed by atoms with Crippen LogP contribution in [0.2, 0.25) is 5.02 Å². The molecule has 0 saturated carbocycles. The summed E-state index contributed by atoms with van der Waals surface area (Å²) < 4.78 is 0. The Kier molecular flexibility index (Phi) is 2.47. The summed E-state index contributed by atoms with van der Waals surface area (Å²) in [6.07, 6.45) is 2.40. The Hall–Kier alpha value is -1.33. The van der Waals surface area contributed by atoms with Gasteiger partial charge in [-0.1, -0.05) is 11.6 Å². The Labute approximate surface area is 71.9 Å². The van der Waals surface area contributed by atoms with Crippen LogP contribution in [0.1, 0.15) is 10.4 Å². The van der Waals surface area contributed by atoms with Gasteiger partial charge in [0.15, 0.2) is 0 Å². The average Bonchev–Trinajstić information content (AvgIpc) is 2.08. The van der Waals surface area contributed by atoms with Gasteiger partial charge in [0.25, 0.3) is 5.91 Å². The van der Waals surface area contributed by atoms with Crippen LogP contribution >= 0.6 is 11.6 Å². The third-order valence-corrected chi connectivity index (χ3v) is 1.53. The first-order chi connectivity index (χ1) is 5.66. The van der Waals surface area contributed by atoms with Crippen molar-refractivity contribution in [1.29, 1.82) is 0 Å². The number of H-pyrrole nitrogens is 1.